The number of aryl methyl sites for hydroxylation is 1. The quantitative estimate of drug-likeness (QED) is 0.765. The van der Waals surface area contributed by atoms with Crippen LogP contribution in [0.2, 0.25) is 0 Å². The van der Waals surface area contributed by atoms with Gasteiger partial charge in [0, 0.05) is 12.3 Å². The van der Waals surface area contributed by atoms with Gasteiger partial charge in [-0.1, -0.05) is 0 Å². The first-order valence-electron chi connectivity index (χ1n) is 6.30. The zero-order valence-corrected chi connectivity index (χ0v) is 13.1. The van der Waals surface area contributed by atoms with Crippen molar-refractivity contribution < 1.29 is 19.1 Å². The average molecular weight is 325 g/mol. The number of rotatable bonds is 7. The number of furan rings is 1. The van der Waals surface area contributed by atoms with Crippen LogP contribution in [0.4, 0.5) is 0 Å². The molecule has 0 aliphatic heterocycles. The van der Waals surface area contributed by atoms with Gasteiger partial charge >= 0.3 is 5.97 Å². The molecule has 2 rings (SSSR count). The fourth-order valence-electron chi connectivity index (χ4n) is 1.64. The molecule has 0 aliphatic carbocycles. The van der Waals surface area contributed by atoms with Crippen molar-refractivity contribution in [2.45, 2.75) is 6.92 Å². The number of carbonyl (C=O) groups is 2. The molecule has 2 aromatic heterocycles. The standard InChI is InChI=1S/C14H15NO4S2/c1-9-2-3-10(19-9)11-4-5-12(21-11)14(18)15-6-7-20-8-13(16)17/h2-5H,6-8H2,1H3,(H,15,18)(H,16,17). The van der Waals surface area contributed by atoms with E-state index in [1.807, 2.05) is 25.1 Å². The summed E-state index contributed by atoms with van der Waals surface area (Å²) in [6.45, 7) is 2.32. The van der Waals surface area contributed by atoms with E-state index < -0.39 is 5.97 Å². The number of carboxylic acids is 1. The molecule has 21 heavy (non-hydrogen) atoms. The predicted molar refractivity (Wildman–Crippen MR) is 84.1 cm³/mol. The van der Waals surface area contributed by atoms with E-state index in [1.165, 1.54) is 23.1 Å². The van der Waals surface area contributed by atoms with E-state index in [2.05, 4.69) is 5.32 Å². The zero-order valence-electron chi connectivity index (χ0n) is 11.4. The van der Waals surface area contributed by atoms with Gasteiger partial charge in [-0.15, -0.1) is 23.1 Å². The van der Waals surface area contributed by atoms with Gasteiger partial charge in [-0.25, -0.2) is 0 Å². The zero-order chi connectivity index (χ0) is 15.2. The molecule has 0 saturated carbocycles. The molecule has 0 bridgehead atoms. The Morgan fingerprint density at radius 1 is 1.33 bits per heavy atom. The van der Waals surface area contributed by atoms with Crippen LogP contribution in [0.3, 0.4) is 0 Å². The summed E-state index contributed by atoms with van der Waals surface area (Å²) in [4.78, 5) is 23.8. The largest absolute Gasteiger partial charge is 0.481 e. The minimum absolute atomic E-state index is 0.0524. The lowest BCUT2D eigenvalue weighted by atomic mass is 10.3. The van der Waals surface area contributed by atoms with Crippen LogP contribution < -0.4 is 5.32 Å². The highest BCUT2D eigenvalue weighted by molar-refractivity contribution is 7.99. The fourth-order valence-corrected chi connectivity index (χ4v) is 3.09. The third kappa shape index (κ3) is 4.64. The first-order chi connectivity index (χ1) is 10.1. The number of carboxylic acid groups (broad SMARTS) is 1. The Morgan fingerprint density at radius 2 is 2.14 bits per heavy atom. The third-order valence-electron chi connectivity index (χ3n) is 2.57. The summed E-state index contributed by atoms with van der Waals surface area (Å²) in [5.74, 6) is 1.23. The van der Waals surface area contributed by atoms with Crippen LogP contribution in [0.25, 0.3) is 10.6 Å². The highest BCUT2D eigenvalue weighted by Crippen LogP contribution is 2.29. The minimum atomic E-state index is -0.844. The maximum atomic E-state index is 11.9. The second-order valence-corrected chi connectivity index (χ2v) is 6.47. The van der Waals surface area contributed by atoms with Gasteiger partial charge in [0.25, 0.3) is 5.91 Å². The van der Waals surface area contributed by atoms with Gasteiger partial charge in [0.1, 0.15) is 11.5 Å². The summed E-state index contributed by atoms with van der Waals surface area (Å²) >= 11 is 2.65. The monoisotopic (exact) mass is 325 g/mol. The molecule has 0 unspecified atom stereocenters. The second kappa shape index (κ2) is 7.33. The molecule has 2 heterocycles. The van der Waals surface area contributed by atoms with Crippen LogP contribution in [0.1, 0.15) is 15.4 Å². The van der Waals surface area contributed by atoms with E-state index in [-0.39, 0.29) is 11.7 Å². The van der Waals surface area contributed by atoms with Gasteiger partial charge in [-0.3, -0.25) is 9.59 Å². The lowest BCUT2D eigenvalue weighted by Crippen LogP contribution is -2.25. The number of nitrogens with one attached hydrogen (secondary N) is 1. The van der Waals surface area contributed by atoms with Crippen molar-refractivity contribution in [2.75, 3.05) is 18.1 Å². The van der Waals surface area contributed by atoms with Crippen LogP contribution in [0.15, 0.2) is 28.7 Å². The number of thioether (sulfide) groups is 1. The molecule has 0 saturated heterocycles. The van der Waals surface area contributed by atoms with Crippen LogP contribution in [-0.4, -0.2) is 35.0 Å². The second-order valence-electron chi connectivity index (χ2n) is 4.28. The van der Waals surface area contributed by atoms with Crippen LogP contribution in [0, 0.1) is 6.92 Å². The van der Waals surface area contributed by atoms with Crippen molar-refractivity contribution in [1.29, 1.82) is 0 Å². The molecule has 2 aromatic rings. The summed E-state index contributed by atoms with van der Waals surface area (Å²) < 4.78 is 5.52. The molecular weight excluding hydrogens is 310 g/mol. The number of carbonyl (C=O) groups excluding carboxylic acids is 1. The summed E-state index contributed by atoms with van der Waals surface area (Å²) in [6.07, 6.45) is 0. The molecular formula is C14H15NO4S2. The Kier molecular flexibility index (Phi) is 5.46. The summed E-state index contributed by atoms with van der Waals surface area (Å²) in [6, 6.07) is 7.38. The van der Waals surface area contributed by atoms with Gasteiger partial charge in [-0.05, 0) is 31.2 Å². The first-order valence-corrected chi connectivity index (χ1v) is 8.28. The predicted octanol–water partition coefficient (Wildman–Crippen LogP) is 2.86. The van der Waals surface area contributed by atoms with Crippen molar-refractivity contribution in [3.05, 3.63) is 34.9 Å². The molecule has 0 radical (unpaired) electrons. The molecule has 0 aromatic carbocycles. The maximum Gasteiger partial charge on any atom is 0.313 e. The van der Waals surface area contributed by atoms with E-state index >= 15 is 0 Å². The topological polar surface area (TPSA) is 79.5 Å². The Balaban J connectivity index is 1.83. The van der Waals surface area contributed by atoms with Crippen molar-refractivity contribution in [2.24, 2.45) is 0 Å². The highest BCUT2D eigenvalue weighted by Gasteiger charge is 2.11. The Labute approximate surface area is 130 Å². The van der Waals surface area contributed by atoms with Crippen molar-refractivity contribution in [1.82, 2.24) is 5.32 Å². The Hall–Kier alpha value is -1.73. The minimum Gasteiger partial charge on any atom is -0.481 e. The Morgan fingerprint density at radius 3 is 2.81 bits per heavy atom. The van der Waals surface area contributed by atoms with Crippen LogP contribution >= 0.6 is 23.1 Å². The van der Waals surface area contributed by atoms with Gasteiger partial charge in [0.05, 0.1) is 15.5 Å². The molecule has 7 heteroatoms. The van der Waals surface area contributed by atoms with Gasteiger partial charge in [-0.2, -0.15) is 0 Å². The SMILES string of the molecule is Cc1ccc(-c2ccc(C(=O)NCCSCC(=O)O)s2)o1. The summed E-state index contributed by atoms with van der Waals surface area (Å²) in [5, 5.41) is 11.3. The molecule has 0 atom stereocenters. The number of thiophene rings is 1. The first kappa shape index (κ1) is 15.7. The van der Waals surface area contributed by atoms with E-state index in [1.54, 1.807) is 6.07 Å². The van der Waals surface area contributed by atoms with Gasteiger partial charge in [0.2, 0.25) is 0 Å². The molecule has 1 amide bonds. The summed E-state index contributed by atoms with van der Waals surface area (Å²) in [7, 11) is 0. The van der Waals surface area contributed by atoms with E-state index in [0.717, 1.165) is 16.4 Å². The van der Waals surface area contributed by atoms with Gasteiger partial charge < -0.3 is 14.8 Å². The number of amides is 1. The van der Waals surface area contributed by atoms with Crippen LogP contribution in [0.5, 0.6) is 0 Å². The van der Waals surface area contributed by atoms with E-state index in [9.17, 15) is 9.59 Å². The third-order valence-corrected chi connectivity index (χ3v) is 4.61. The molecule has 0 fully saturated rings. The number of aliphatic carboxylic acids is 1. The normalized spacial score (nSPS) is 10.5. The smallest absolute Gasteiger partial charge is 0.313 e. The van der Waals surface area contributed by atoms with Crippen LogP contribution in [-0.2, 0) is 4.79 Å². The van der Waals surface area contributed by atoms with Crippen molar-refractivity contribution in [3.8, 4) is 10.6 Å². The van der Waals surface area contributed by atoms with Crippen molar-refractivity contribution >= 4 is 35.0 Å². The lowest BCUT2D eigenvalue weighted by Gasteiger charge is -2.02. The average Bonchev–Trinajstić information content (AvgIpc) is 3.06. The summed E-state index contributed by atoms with van der Waals surface area (Å²) in [5.41, 5.74) is 0. The molecule has 2 N–H and O–H groups in total. The molecule has 5 nitrogen and oxygen atoms in total. The fraction of sp³-hybridized carbons (Fsp3) is 0.286. The number of hydrogen-bond donors (Lipinski definition) is 2. The molecule has 0 aliphatic rings. The molecule has 112 valence electrons. The Bertz CT molecular complexity index is 632. The van der Waals surface area contributed by atoms with E-state index in [0.29, 0.717) is 17.2 Å². The highest BCUT2D eigenvalue weighted by atomic mass is 32.2. The number of hydrogen-bond acceptors (Lipinski definition) is 5. The van der Waals surface area contributed by atoms with E-state index in [4.69, 9.17) is 9.52 Å². The van der Waals surface area contributed by atoms with Gasteiger partial charge in [0.15, 0.2) is 0 Å². The maximum absolute atomic E-state index is 11.9. The lowest BCUT2D eigenvalue weighted by molar-refractivity contribution is -0.133. The van der Waals surface area contributed by atoms with Crippen molar-refractivity contribution in [3.63, 3.8) is 0 Å². The molecule has 0 spiro atoms.